The molecular formula is C22H24ClFN2O4. The molecular weight excluding hydrogens is 411 g/mol. The maximum absolute atomic E-state index is 14.1. The van der Waals surface area contributed by atoms with Crippen molar-refractivity contribution >= 4 is 17.5 Å². The van der Waals surface area contributed by atoms with Gasteiger partial charge in [0.05, 0.1) is 12.6 Å². The zero-order valence-electron chi connectivity index (χ0n) is 16.3. The number of piperazine rings is 1. The van der Waals surface area contributed by atoms with E-state index in [-0.39, 0.29) is 19.1 Å². The van der Waals surface area contributed by atoms with Crippen LogP contribution in [0, 0.1) is 5.82 Å². The van der Waals surface area contributed by atoms with Gasteiger partial charge in [-0.05, 0) is 48.7 Å². The average molecular weight is 435 g/mol. The number of carbonyl (C=O) groups excluding carboxylic acids is 1. The molecule has 30 heavy (non-hydrogen) atoms. The second kappa shape index (κ2) is 8.24. The standard InChI is InChI=1S/C22H24ClFN2O4/c23-16-5-6-18(19(24)11-16)14-1-3-15(4-2-14)20(28)26-10-9-25(12-17(26)13-27)21(29)22(30)7-8-22/h1-6,11,17,21,27,29-30H,7-10,12-13H2/t17-,21?/m0/s1. The van der Waals surface area contributed by atoms with Gasteiger partial charge in [-0.2, -0.15) is 0 Å². The number of benzene rings is 2. The van der Waals surface area contributed by atoms with E-state index in [1.165, 1.54) is 6.07 Å². The van der Waals surface area contributed by atoms with Gasteiger partial charge in [0.1, 0.15) is 17.6 Å². The molecule has 4 rings (SSSR count). The molecule has 2 aromatic carbocycles. The van der Waals surface area contributed by atoms with Crippen molar-refractivity contribution in [1.82, 2.24) is 9.80 Å². The summed E-state index contributed by atoms with van der Waals surface area (Å²) >= 11 is 5.80. The summed E-state index contributed by atoms with van der Waals surface area (Å²) in [6.45, 7) is 0.756. The van der Waals surface area contributed by atoms with Crippen LogP contribution in [-0.4, -0.2) is 75.1 Å². The number of halogens is 2. The number of aliphatic hydroxyl groups excluding tert-OH is 2. The third-order valence-electron chi connectivity index (χ3n) is 5.95. The average Bonchev–Trinajstić information content (AvgIpc) is 3.51. The van der Waals surface area contributed by atoms with Crippen molar-refractivity contribution < 1.29 is 24.5 Å². The van der Waals surface area contributed by atoms with Gasteiger partial charge >= 0.3 is 0 Å². The van der Waals surface area contributed by atoms with Crippen LogP contribution in [0.1, 0.15) is 23.2 Å². The van der Waals surface area contributed by atoms with E-state index in [2.05, 4.69) is 0 Å². The van der Waals surface area contributed by atoms with Crippen LogP contribution in [0.4, 0.5) is 4.39 Å². The SMILES string of the molecule is O=C(c1ccc(-c2ccc(Cl)cc2F)cc1)N1CCN(C(O)C2(O)CC2)C[C@H]1CO. The third-order valence-corrected chi connectivity index (χ3v) is 6.18. The molecule has 3 N–H and O–H groups in total. The van der Waals surface area contributed by atoms with Gasteiger partial charge in [-0.3, -0.25) is 9.69 Å². The lowest BCUT2D eigenvalue weighted by molar-refractivity contribution is -0.118. The molecule has 1 amide bonds. The highest BCUT2D eigenvalue weighted by Crippen LogP contribution is 2.40. The van der Waals surface area contributed by atoms with Crippen LogP contribution in [0.15, 0.2) is 42.5 Å². The molecule has 0 radical (unpaired) electrons. The number of aliphatic hydroxyl groups is 3. The van der Waals surface area contributed by atoms with Gasteiger partial charge in [0.25, 0.3) is 5.91 Å². The van der Waals surface area contributed by atoms with E-state index >= 15 is 0 Å². The predicted octanol–water partition coefficient (Wildman–Crippen LogP) is 2.11. The number of rotatable bonds is 5. The minimum absolute atomic E-state index is 0.239. The molecule has 160 valence electrons. The number of amides is 1. The molecule has 1 saturated heterocycles. The fourth-order valence-corrected chi connectivity index (χ4v) is 4.09. The summed E-state index contributed by atoms with van der Waals surface area (Å²) < 4.78 is 14.1. The van der Waals surface area contributed by atoms with Crippen molar-refractivity contribution in [2.75, 3.05) is 26.2 Å². The molecule has 6 nitrogen and oxygen atoms in total. The lowest BCUT2D eigenvalue weighted by Gasteiger charge is -2.43. The predicted molar refractivity (Wildman–Crippen MR) is 111 cm³/mol. The van der Waals surface area contributed by atoms with Crippen LogP contribution in [-0.2, 0) is 0 Å². The first-order valence-corrected chi connectivity index (χ1v) is 10.3. The van der Waals surface area contributed by atoms with E-state index in [1.54, 1.807) is 46.2 Å². The number of carbonyl (C=O) groups is 1. The minimum atomic E-state index is -1.07. The molecule has 2 aromatic rings. The molecule has 2 atom stereocenters. The van der Waals surface area contributed by atoms with Crippen molar-refractivity contribution in [3.8, 4) is 11.1 Å². The zero-order chi connectivity index (χ0) is 21.5. The number of nitrogens with zero attached hydrogens (tertiary/aromatic N) is 2. The number of hydrogen-bond donors (Lipinski definition) is 3. The summed E-state index contributed by atoms with van der Waals surface area (Å²) in [6.07, 6.45) is 0.118. The van der Waals surface area contributed by atoms with E-state index in [1.807, 2.05) is 0 Å². The van der Waals surface area contributed by atoms with Gasteiger partial charge in [-0.25, -0.2) is 4.39 Å². The Hall–Kier alpha value is -2.03. The lowest BCUT2D eigenvalue weighted by atomic mass is 10.0. The van der Waals surface area contributed by atoms with Crippen molar-refractivity contribution in [2.24, 2.45) is 0 Å². The highest BCUT2D eigenvalue weighted by Gasteiger charge is 2.51. The zero-order valence-corrected chi connectivity index (χ0v) is 17.1. The Kier molecular flexibility index (Phi) is 5.83. The monoisotopic (exact) mass is 434 g/mol. The molecule has 1 saturated carbocycles. The second-order valence-electron chi connectivity index (χ2n) is 8.01. The van der Waals surface area contributed by atoms with Gasteiger partial charge in [0.2, 0.25) is 0 Å². The molecule has 2 aliphatic rings. The molecule has 0 spiro atoms. The first-order valence-electron chi connectivity index (χ1n) is 9.94. The topological polar surface area (TPSA) is 84.2 Å². The van der Waals surface area contributed by atoms with Crippen molar-refractivity contribution in [3.63, 3.8) is 0 Å². The van der Waals surface area contributed by atoms with Crippen LogP contribution in [0.5, 0.6) is 0 Å². The van der Waals surface area contributed by atoms with Gasteiger partial charge in [-0.1, -0.05) is 23.7 Å². The van der Waals surface area contributed by atoms with E-state index in [9.17, 15) is 24.5 Å². The van der Waals surface area contributed by atoms with Gasteiger partial charge in [-0.15, -0.1) is 0 Å². The highest BCUT2D eigenvalue weighted by atomic mass is 35.5. The normalized spacial score (nSPS) is 22.0. The quantitative estimate of drug-likeness (QED) is 0.671. The van der Waals surface area contributed by atoms with Crippen LogP contribution >= 0.6 is 11.6 Å². The molecule has 1 aliphatic heterocycles. The fraction of sp³-hybridized carbons (Fsp3) is 0.409. The van der Waals surface area contributed by atoms with Crippen molar-refractivity contribution in [2.45, 2.75) is 30.7 Å². The van der Waals surface area contributed by atoms with E-state index < -0.39 is 23.7 Å². The Balaban J connectivity index is 1.47. The van der Waals surface area contributed by atoms with Crippen LogP contribution in [0.2, 0.25) is 5.02 Å². The Morgan fingerprint density at radius 3 is 2.50 bits per heavy atom. The maximum Gasteiger partial charge on any atom is 0.254 e. The van der Waals surface area contributed by atoms with Crippen LogP contribution < -0.4 is 0 Å². The molecule has 0 aromatic heterocycles. The first-order chi connectivity index (χ1) is 14.3. The summed E-state index contributed by atoms with van der Waals surface area (Å²) in [7, 11) is 0. The van der Waals surface area contributed by atoms with Crippen LogP contribution in [0.3, 0.4) is 0 Å². The van der Waals surface area contributed by atoms with Gasteiger partial charge < -0.3 is 20.2 Å². The molecule has 1 heterocycles. The van der Waals surface area contributed by atoms with E-state index in [0.717, 1.165) is 0 Å². The maximum atomic E-state index is 14.1. The second-order valence-corrected chi connectivity index (χ2v) is 8.45. The van der Waals surface area contributed by atoms with E-state index in [0.29, 0.717) is 47.6 Å². The Morgan fingerprint density at radius 2 is 1.90 bits per heavy atom. The number of hydrogen-bond acceptors (Lipinski definition) is 5. The third kappa shape index (κ3) is 4.08. The summed E-state index contributed by atoms with van der Waals surface area (Å²) in [5.74, 6) is -0.676. The molecule has 0 bridgehead atoms. The Bertz CT molecular complexity index is 935. The summed E-state index contributed by atoms with van der Waals surface area (Å²) in [5.41, 5.74) is 0.387. The molecule has 1 aliphatic carbocycles. The Labute approximate surface area is 179 Å². The van der Waals surface area contributed by atoms with Gasteiger partial charge in [0.15, 0.2) is 0 Å². The first kappa shape index (κ1) is 21.2. The smallest absolute Gasteiger partial charge is 0.254 e. The summed E-state index contributed by atoms with van der Waals surface area (Å²) in [4.78, 5) is 16.3. The van der Waals surface area contributed by atoms with Gasteiger partial charge in [0, 0.05) is 35.8 Å². The van der Waals surface area contributed by atoms with Crippen LogP contribution in [0.25, 0.3) is 11.1 Å². The summed E-state index contributed by atoms with van der Waals surface area (Å²) in [6, 6.07) is 10.6. The largest absolute Gasteiger partial charge is 0.394 e. The fourth-order valence-electron chi connectivity index (χ4n) is 3.93. The molecule has 1 unspecified atom stereocenters. The molecule has 8 heteroatoms. The summed E-state index contributed by atoms with van der Waals surface area (Å²) in [5, 5.41) is 30.6. The lowest BCUT2D eigenvalue weighted by Crippen LogP contribution is -2.61. The van der Waals surface area contributed by atoms with E-state index in [4.69, 9.17) is 11.6 Å². The van der Waals surface area contributed by atoms with Crippen molar-refractivity contribution in [1.29, 1.82) is 0 Å². The van der Waals surface area contributed by atoms with Crippen molar-refractivity contribution in [3.05, 3.63) is 58.9 Å². The minimum Gasteiger partial charge on any atom is -0.394 e. The highest BCUT2D eigenvalue weighted by molar-refractivity contribution is 6.30. The molecule has 2 fully saturated rings. The Morgan fingerprint density at radius 1 is 1.20 bits per heavy atom.